The van der Waals surface area contributed by atoms with Gasteiger partial charge in [0.1, 0.15) is 16.6 Å². The van der Waals surface area contributed by atoms with Gasteiger partial charge in [0.2, 0.25) is 5.88 Å². The number of hydrogen-bond acceptors (Lipinski definition) is 2. The summed E-state index contributed by atoms with van der Waals surface area (Å²) in [7, 11) is 0. The van der Waals surface area contributed by atoms with E-state index in [9.17, 15) is 4.39 Å². The molecule has 1 heterocycles. The molecule has 8 heteroatoms. The number of rotatable bonds is 2. The summed E-state index contributed by atoms with van der Waals surface area (Å²) in [6.07, 6.45) is 0. The maximum absolute atomic E-state index is 13.4. The predicted molar refractivity (Wildman–Crippen MR) is 78.5 cm³/mol. The minimum Gasteiger partial charge on any atom is -0.436 e. The maximum atomic E-state index is 13.4. The first-order valence-electron chi connectivity index (χ1n) is 4.72. The van der Waals surface area contributed by atoms with Crippen LogP contribution in [0.1, 0.15) is 0 Å². The smallest absolute Gasteiger partial charge is 0.239 e. The second-order valence-corrected chi connectivity index (χ2v) is 5.78. The molecule has 0 aliphatic rings. The number of halogens is 6. The van der Waals surface area contributed by atoms with E-state index in [-0.39, 0.29) is 31.9 Å². The summed E-state index contributed by atoms with van der Waals surface area (Å²) in [6, 6.07) is 3.85. The molecule has 0 unspecified atom stereocenters. The average Bonchev–Trinajstić information content (AvgIpc) is 2.32. The van der Waals surface area contributed by atoms with Crippen molar-refractivity contribution < 1.29 is 9.13 Å². The highest BCUT2D eigenvalue weighted by atomic mass is 79.9. The molecule has 0 fully saturated rings. The lowest BCUT2D eigenvalue weighted by molar-refractivity contribution is 0.455. The molecule has 0 N–H and O–H groups in total. The maximum Gasteiger partial charge on any atom is 0.239 e. The van der Waals surface area contributed by atoms with Crippen molar-refractivity contribution in [2.24, 2.45) is 0 Å². The van der Waals surface area contributed by atoms with Crippen LogP contribution in [0.2, 0.25) is 20.2 Å². The quantitative estimate of drug-likeness (QED) is 0.426. The molecule has 0 bridgehead atoms. The number of benzene rings is 1. The van der Waals surface area contributed by atoms with E-state index in [4.69, 9.17) is 51.1 Å². The van der Waals surface area contributed by atoms with Gasteiger partial charge in [-0.25, -0.2) is 4.39 Å². The molecule has 0 aliphatic carbocycles. The van der Waals surface area contributed by atoms with Crippen molar-refractivity contribution in [1.82, 2.24) is 4.98 Å². The molecule has 100 valence electrons. The molecule has 0 atom stereocenters. The molecule has 2 nitrogen and oxygen atoms in total. The van der Waals surface area contributed by atoms with Gasteiger partial charge in [-0.2, -0.15) is 4.98 Å². The van der Waals surface area contributed by atoms with E-state index in [1.807, 2.05) is 0 Å². The molecule has 0 amide bonds. The Morgan fingerprint density at radius 3 is 2.37 bits per heavy atom. The zero-order valence-corrected chi connectivity index (χ0v) is 13.5. The fourth-order valence-corrected chi connectivity index (χ4v) is 2.44. The monoisotopic (exact) mass is 403 g/mol. The Kier molecular flexibility index (Phi) is 4.79. The van der Waals surface area contributed by atoms with E-state index in [0.29, 0.717) is 4.47 Å². The largest absolute Gasteiger partial charge is 0.436 e. The number of aromatic nitrogens is 1. The van der Waals surface area contributed by atoms with Crippen molar-refractivity contribution in [3.8, 4) is 11.6 Å². The summed E-state index contributed by atoms with van der Waals surface area (Å²) >= 11 is 26.2. The molecule has 2 aromatic rings. The Bertz CT molecular complexity index is 598. The Hall–Kier alpha value is -0.260. The highest BCUT2D eigenvalue weighted by Gasteiger charge is 2.14. The summed E-state index contributed by atoms with van der Waals surface area (Å²) in [5.74, 6) is -0.454. The van der Waals surface area contributed by atoms with E-state index >= 15 is 0 Å². The van der Waals surface area contributed by atoms with E-state index in [1.54, 1.807) is 0 Å². The van der Waals surface area contributed by atoms with Crippen LogP contribution in [0, 0.1) is 5.82 Å². The molecule has 0 saturated carbocycles. The van der Waals surface area contributed by atoms with Crippen molar-refractivity contribution in [3.05, 3.63) is 48.7 Å². The second kappa shape index (κ2) is 6.02. The van der Waals surface area contributed by atoms with E-state index in [2.05, 4.69) is 20.9 Å². The van der Waals surface area contributed by atoms with Crippen LogP contribution in [0.25, 0.3) is 0 Å². The third kappa shape index (κ3) is 3.44. The number of nitrogens with zero attached hydrogens (tertiary/aromatic N) is 1. The molecule has 0 spiro atoms. The summed E-state index contributed by atoms with van der Waals surface area (Å²) in [6.45, 7) is 0. The first kappa shape index (κ1) is 15.1. The van der Waals surface area contributed by atoms with Crippen LogP contribution in [0.15, 0.2) is 22.7 Å². The predicted octanol–water partition coefficient (Wildman–Crippen LogP) is 6.39. The third-order valence-corrected chi connectivity index (χ3v) is 3.89. The fraction of sp³-hybridized carbons (Fsp3) is 0. The SMILES string of the molecule is Fc1cc(Oc2nc(Cl)c(Cl)cc2Cl)c(Br)cc1Cl. The second-order valence-electron chi connectivity index (χ2n) is 3.35. The lowest BCUT2D eigenvalue weighted by Crippen LogP contribution is -1.92. The van der Waals surface area contributed by atoms with Gasteiger partial charge in [-0.15, -0.1) is 0 Å². The first-order valence-corrected chi connectivity index (χ1v) is 7.03. The van der Waals surface area contributed by atoms with Crippen LogP contribution in [-0.4, -0.2) is 4.98 Å². The Morgan fingerprint density at radius 2 is 1.68 bits per heavy atom. The molecule has 0 aliphatic heterocycles. The van der Waals surface area contributed by atoms with Crippen molar-refractivity contribution >= 4 is 62.3 Å². The summed E-state index contributed by atoms with van der Waals surface area (Å²) < 4.78 is 19.2. The molecule has 19 heavy (non-hydrogen) atoms. The Balaban J connectivity index is 2.42. The minimum absolute atomic E-state index is 0.0125. The van der Waals surface area contributed by atoms with Crippen molar-refractivity contribution in [2.75, 3.05) is 0 Å². The molecular formula is C11H3BrCl4FNO. The van der Waals surface area contributed by atoms with Crippen LogP contribution in [0.3, 0.4) is 0 Å². The van der Waals surface area contributed by atoms with Gasteiger partial charge in [0.25, 0.3) is 0 Å². The number of pyridine rings is 1. The van der Waals surface area contributed by atoms with Crippen molar-refractivity contribution in [3.63, 3.8) is 0 Å². The normalized spacial score (nSPS) is 10.6. The zero-order valence-electron chi connectivity index (χ0n) is 8.86. The minimum atomic E-state index is -0.629. The van der Waals surface area contributed by atoms with Crippen LogP contribution in [-0.2, 0) is 0 Å². The molecule has 2 rings (SSSR count). The summed E-state index contributed by atoms with van der Waals surface area (Å²) in [4.78, 5) is 3.86. The topological polar surface area (TPSA) is 22.1 Å². The number of ether oxygens (including phenoxy) is 1. The zero-order chi connectivity index (χ0) is 14.2. The Morgan fingerprint density at radius 1 is 1.00 bits per heavy atom. The lowest BCUT2D eigenvalue weighted by atomic mass is 10.3. The van der Waals surface area contributed by atoms with Gasteiger partial charge in [-0.3, -0.25) is 0 Å². The van der Waals surface area contributed by atoms with Gasteiger partial charge in [-0.05, 0) is 28.1 Å². The van der Waals surface area contributed by atoms with E-state index < -0.39 is 5.82 Å². The van der Waals surface area contributed by atoms with Gasteiger partial charge < -0.3 is 4.74 Å². The van der Waals surface area contributed by atoms with Crippen molar-refractivity contribution in [1.29, 1.82) is 0 Å². The van der Waals surface area contributed by atoms with Crippen LogP contribution < -0.4 is 4.74 Å². The molecule has 1 aromatic heterocycles. The molecule has 0 saturated heterocycles. The van der Waals surface area contributed by atoms with Gasteiger partial charge in [0.15, 0.2) is 5.15 Å². The summed E-state index contributed by atoms with van der Waals surface area (Å²) in [5.41, 5.74) is 0. The van der Waals surface area contributed by atoms with Crippen molar-refractivity contribution in [2.45, 2.75) is 0 Å². The van der Waals surface area contributed by atoms with E-state index in [1.165, 1.54) is 12.1 Å². The van der Waals surface area contributed by atoms with E-state index in [0.717, 1.165) is 6.07 Å². The van der Waals surface area contributed by atoms with Crippen LogP contribution in [0.5, 0.6) is 11.6 Å². The Labute approximate surface area is 136 Å². The van der Waals surface area contributed by atoms with Crippen LogP contribution in [0.4, 0.5) is 4.39 Å². The third-order valence-electron chi connectivity index (χ3n) is 2.04. The standard InChI is InChI=1S/C11H3BrCl4FNO/c12-4-1-5(13)8(17)3-9(4)19-11-7(15)2-6(14)10(16)18-11/h1-3H. The highest BCUT2D eigenvalue weighted by Crippen LogP contribution is 2.37. The first-order chi connectivity index (χ1) is 8.88. The average molecular weight is 406 g/mol. The molecule has 1 aromatic carbocycles. The lowest BCUT2D eigenvalue weighted by Gasteiger charge is -2.10. The van der Waals surface area contributed by atoms with Crippen LogP contribution >= 0.6 is 62.3 Å². The number of hydrogen-bond donors (Lipinski definition) is 0. The highest BCUT2D eigenvalue weighted by molar-refractivity contribution is 9.10. The van der Waals surface area contributed by atoms with Gasteiger partial charge >= 0.3 is 0 Å². The van der Waals surface area contributed by atoms with Gasteiger partial charge in [-0.1, -0.05) is 46.4 Å². The van der Waals surface area contributed by atoms with Gasteiger partial charge in [0.05, 0.1) is 14.5 Å². The fourth-order valence-electron chi connectivity index (χ4n) is 1.19. The summed E-state index contributed by atoms with van der Waals surface area (Å²) in [5, 5.41) is 0.344. The van der Waals surface area contributed by atoms with Gasteiger partial charge in [0, 0.05) is 6.07 Å². The molecular weight excluding hydrogens is 403 g/mol. The molecule has 0 radical (unpaired) electrons.